The zero-order valence-electron chi connectivity index (χ0n) is 11.1. The molecule has 0 spiro atoms. The third kappa shape index (κ3) is 2.93. The highest BCUT2D eigenvalue weighted by atomic mass is 79.9. The maximum Gasteiger partial charge on any atom is 0.374 e. The van der Waals surface area contributed by atoms with Gasteiger partial charge in [-0.2, -0.15) is 0 Å². The number of carboxylic acids is 1. The van der Waals surface area contributed by atoms with Crippen LogP contribution < -0.4 is 4.90 Å². The van der Waals surface area contributed by atoms with Gasteiger partial charge in [-0.15, -0.1) is 0 Å². The van der Waals surface area contributed by atoms with E-state index < -0.39 is 5.97 Å². The standard InChI is InChI=1S/C14H13BrN2O4/c15-9-1-2-12(17-3-5-20-6-4-17)10(7-9)11-8-13(14(18)19)21-16-11/h1-2,7-8H,3-6H2,(H,18,19). The number of carbonyl (C=O) groups is 1. The molecular formula is C14H13BrN2O4. The average Bonchev–Trinajstić information content (AvgIpc) is 2.98. The third-order valence-electron chi connectivity index (χ3n) is 3.31. The molecule has 3 rings (SSSR count). The van der Waals surface area contributed by atoms with Crippen molar-refractivity contribution >= 4 is 27.6 Å². The van der Waals surface area contributed by atoms with Crippen LogP contribution in [0.4, 0.5) is 5.69 Å². The van der Waals surface area contributed by atoms with Crippen LogP contribution in [0.1, 0.15) is 10.6 Å². The second-order valence-corrected chi connectivity index (χ2v) is 5.56. The van der Waals surface area contributed by atoms with Crippen LogP contribution >= 0.6 is 15.9 Å². The van der Waals surface area contributed by atoms with Gasteiger partial charge in [-0.1, -0.05) is 21.1 Å². The SMILES string of the molecule is O=C(O)c1cc(-c2cc(Br)ccc2N2CCOCC2)no1. The summed E-state index contributed by atoms with van der Waals surface area (Å²) in [4.78, 5) is 13.1. The molecule has 2 heterocycles. The van der Waals surface area contributed by atoms with Gasteiger partial charge in [0.2, 0.25) is 5.76 Å². The quantitative estimate of drug-likeness (QED) is 0.914. The van der Waals surface area contributed by atoms with E-state index in [1.807, 2.05) is 18.2 Å². The summed E-state index contributed by atoms with van der Waals surface area (Å²) in [5.74, 6) is -1.30. The Hall–Kier alpha value is -1.86. The monoisotopic (exact) mass is 352 g/mol. The maximum atomic E-state index is 10.9. The van der Waals surface area contributed by atoms with E-state index in [4.69, 9.17) is 14.4 Å². The van der Waals surface area contributed by atoms with Gasteiger partial charge in [-0.3, -0.25) is 0 Å². The van der Waals surface area contributed by atoms with Gasteiger partial charge in [0, 0.05) is 34.9 Å². The number of aromatic carboxylic acids is 1. The summed E-state index contributed by atoms with van der Waals surface area (Å²) in [5, 5.41) is 12.8. The summed E-state index contributed by atoms with van der Waals surface area (Å²) in [6, 6.07) is 7.29. The van der Waals surface area contributed by atoms with Crippen LogP contribution in [-0.4, -0.2) is 42.5 Å². The number of hydrogen-bond donors (Lipinski definition) is 1. The summed E-state index contributed by atoms with van der Waals surface area (Å²) in [6.07, 6.45) is 0. The van der Waals surface area contributed by atoms with Gasteiger partial charge < -0.3 is 19.3 Å². The van der Waals surface area contributed by atoms with Crippen LogP contribution in [0, 0.1) is 0 Å². The minimum atomic E-state index is -1.13. The largest absolute Gasteiger partial charge is 0.475 e. The molecule has 0 atom stereocenters. The lowest BCUT2D eigenvalue weighted by Gasteiger charge is -2.30. The molecule has 21 heavy (non-hydrogen) atoms. The van der Waals surface area contributed by atoms with Gasteiger partial charge >= 0.3 is 5.97 Å². The first kappa shape index (κ1) is 14.1. The van der Waals surface area contributed by atoms with Gasteiger partial charge in [0.25, 0.3) is 0 Å². The number of benzene rings is 1. The highest BCUT2D eigenvalue weighted by molar-refractivity contribution is 9.10. The Labute approximate surface area is 129 Å². The number of nitrogens with zero attached hydrogens (tertiary/aromatic N) is 2. The first-order chi connectivity index (χ1) is 10.1. The van der Waals surface area contributed by atoms with Crippen molar-refractivity contribution in [3.63, 3.8) is 0 Å². The smallest absolute Gasteiger partial charge is 0.374 e. The minimum Gasteiger partial charge on any atom is -0.475 e. The second-order valence-electron chi connectivity index (χ2n) is 4.64. The Balaban J connectivity index is 2.02. The van der Waals surface area contributed by atoms with E-state index in [1.165, 1.54) is 6.07 Å². The number of morpholine rings is 1. The van der Waals surface area contributed by atoms with Crippen molar-refractivity contribution in [2.75, 3.05) is 31.2 Å². The van der Waals surface area contributed by atoms with Crippen molar-refractivity contribution in [2.24, 2.45) is 0 Å². The number of ether oxygens (including phenoxy) is 1. The van der Waals surface area contributed by atoms with Crippen molar-refractivity contribution in [1.29, 1.82) is 0 Å². The van der Waals surface area contributed by atoms with E-state index >= 15 is 0 Å². The number of halogens is 1. The van der Waals surface area contributed by atoms with Crippen molar-refractivity contribution in [3.05, 3.63) is 34.5 Å². The zero-order valence-corrected chi connectivity index (χ0v) is 12.7. The molecule has 2 aromatic rings. The molecule has 1 N–H and O–H groups in total. The van der Waals surface area contributed by atoms with E-state index in [9.17, 15) is 4.79 Å². The lowest BCUT2D eigenvalue weighted by molar-refractivity contribution is 0.0652. The molecule has 1 fully saturated rings. The van der Waals surface area contributed by atoms with Gasteiger partial charge in [0.1, 0.15) is 5.69 Å². The third-order valence-corrected chi connectivity index (χ3v) is 3.80. The Morgan fingerprint density at radius 1 is 1.29 bits per heavy atom. The van der Waals surface area contributed by atoms with Crippen LogP contribution in [0.5, 0.6) is 0 Å². The molecule has 0 unspecified atom stereocenters. The Bertz CT molecular complexity index is 665. The van der Waals surface area contributed by atoms with Gasteiger partial charge in [0.05, 0.1) is 13.2 Å². The van der Waals surface area contributed by atoms with Gasteiger partial charge in [0.15, 0.2) is 0 Å². The Morgan fingerprint density at radius 2 is 2.05 bits per heavy atom. The predicted molar refractivity (Wildman–Crippen MR) is 79.6 cm³/mol. The maximum absolute atomic E-state index is 10.9. The van der Waals surface area contributed by atoms with Crippen molar-refractivity contribution < 1.29 is 19.2 Å². The van der Waals surface area contributed by atoms with Gasteiger partial charge in [-0.25, -0.2) is 4.79 Å². The fourth-order valence-corrected chi connectivity index (χ4v) is 2.66. The van der Waals surface area contributed by atoms with E-state index in [-0.39, 0.29) is 5.76 Å². The molecule has 1 aromatic carbocycles. The topological polar surface area (TPSA) is 75.8 Å². The molecule has 0 bridgehead atoms. The van der Waals surface area contributed by atoms with Crippen LogP contribution in [-0.2, 0) is 4.74 Å². The molecule has 0 radical (unpaired) electrons. The average molecular weight is 353 g/mol. The van der Waals surface area contributed by atoms with E-state index in [0.717, 1.165) is 28.8 Å². The van der Waals surface area contributed by atoms with Crippen LogP contribution in [0.25, 0.3) is 11.3 Å². The summed E-state index contributed by atoms with van der Waals surface area (Å²) in [6.45, 7) is 2.93. The summed E-state index contributed by atoms with van der Waals surface area (Å²) >= 11 is 3.44. The summed E-state index contributed by atoms with van der Waals surface area (Å²) in [7, 11) is 0. The molecule has 1 aliphatic rings. The van der Waals surface area contributed by atoms with E-state index in [1.54, 1.807) is 0 Å². The van der Waals surface area contributed by atoms with E-state index in [2.05, 4.69) is 26.0 Å². The van der Waals surface area contributed by atoms with Crippen molar-refractivity contribution in [2.45, 2.75) is 0 Å². The molecule has 1 saturated heterocycles. The number of carboxylic acid groups (broad SMARTS) is 1. The fraction of sp³-hybridized carbons (Fsp3) is 0.286. The molecule has 0 amide bonds. The molecule has 7 heteroatoms. The first-order valence-corrected chi connectivity index (χ1v) is 7.27. The predicted octanol–water partition coefficient (Wildman–Crippen LogP) is 2.64. The van der Waals surface area contributed by atoms with Crippen molar-refractivity contribution in [3.8, 4) is 11.3 Å². The minimum absolute atomic E-state index is 0.169. The molecule has 1 aromatic heterocycles. The van der Waals surface area contributed by atoms with Crippen LogP contribution in [0.3, 0.4) is 0 Å². The lowest BCUT2D eigenvalue weighted by atomic mass is 10.1. The van der Waals surface area contributed by atoms with Crippen LogP contribution in [0.2, 0.25) is 0 Å². The molecule has 1 aliphatic heterocycles. The molecule has 110 valence electrons. The highest BCUT2D eigenvalue weighted by Gasteiger charge is 2.19. The molecular weight excluding hydrogens is 340 g/mol. The highest BCUT2D eigenvalue weighted by Crippen LogP contribution is 2.33. The summed E-state index contributed by atoms with van der Waals surface area (Å²) in [5.41, 5.74) is 2.34. The lowest BCUT2D eigenvalue weighted by Crippen LogP contribution is -2.36. The van der Waals surface area contributed by atoms with Crippen LogP contribution in [0.15, 0.2) is 33.3 Å². The number of rotatable bonds is 3. The molecule has 0 aliphatic carbocycles. The Morgan fingerprint density at radius 3 is 2.71 bits per heavy atom. The van der Waals surface area contributed by atoms with Crippen molar-refractivity contribution in [1.82, 2.24) is 5.16 Å². The second kappa shape index (κ2) is 5.87. The zero-order chi connectivity index (χ0) is 14.8. The summed E-state index contributed by atoms with van der Waals surface area (Å²) < 4.78 is 11.1. The van der Waals surface area contributed by atoms with Gasteiger partial charge in [-0.05, 0) is 18.2 Å². The normalized spacial score (nSPS) is 15.2. The first-order valence-electron chi connectivity index (χ1n) is 6.48. The fourth-order valence-electron chi connectivity index (χ4n) is 2.30. The molecule has 6 nitrogen and oxygen atoms in total. The number of anilines is 1. The number of aromatic nitrogens is 1. The molecule has 0 saturated carbocycles. The number of hydrogen-bond acceptors (Lipinski definition) is 5. The van der Waals surface area contributed by atoms with E-state index in [0.29, 0.717) is 18.9 Å². The Kier molecular flexibility index (Phi) is 3.94.